The number of thiazole rings is 1. The molecule has 1 aromatic heterocycles. The van der Waals surface area contributed by atoms with Crippen molar-refractivity contribution in [1.82, 2.24) is 4.98 Å². The quantitative estimate of drug-likeness (QED) is 0.404. The fourth-order valence-electron chi connectivity index (χ4n) is 1.76. The van der Waals surface area contributed by atoms with E-state index < -0.39 is 13.8 Å². The third kappa shape index (κ3) is 2.96. The van der Waals surface area contributed by atoms with Crippen LogP contribution in [0.1, 0.15) is 0 Å². The number of fused-ring (bicyclic) bond motifs is 1. The van der Waals surface area contributed by atoms with Crippen molar-refractivity contribution in [2.75, 3.05) is 0 Å². The second-order valence-electron chi connectivity index (χ2n) is 4.24. The lowest BCUT2D eigenvalue weighted by molar-refractivity contribution is -0.384. The van der Waals surface area contributed by atoms with Crippen LogP contribution in [0.4, 0.5) is 5.69 Å². The summed E-state index contributed by atoms with van der Waals surface area (Å²) < 4.78 is 26.0. The van der Waals surface area contributed by atoms with Crippen molar-refractivity contribution in [2.45, 2.75) is 9.24 Å². The lowest BCUT2D eigenvalue weighted by atomic mass is 10.3. The maximum Gasteiger partial charge on any atom is 0.269 e. The van der Waals surface area contributed by atoms with Gasteiger partial charge in [0.2, 0.25) is 8.87 Å². The Balaban J connectivity index is 1.90. The topological polar surface area (TPSA) is 90.2 Å². The SMILES string of the molecule is O=[N+]([O-])c1ccc(S(=O)(=O)Sc2nc3ccccc3s2)cc1. The molecule has 112 valence electrons. The van der Waals surface area contributed by atoms with Crippen LogP contribution in [0.15, 0.2) is 57.8 Å². The minimum atomic E-state index is -3.66. The van der Waals surface area contributed by atoms with Gasteiger partial charge in [-0.2, -0.15) is 0 Å². The standard InChI is InChI=1S/C13H8N2O4S3/c16-15(17)9-5-7-10(8-6-9)22(18,19)21-13-14-11-3-1-2-4-12(11)20-13/h1-8H. The summed E-state index contributed by atoms with van der Waals surface area (Å²) in [5.74, 6) is 0. The van der Waals surface area contributed by atoms with Crippen molar-refractivity contribution in [3.05, 3.63) is 58.6 Å². The first-order valence-corrected chi connectivity index (χ1v) is 9.63. The minimum Gasteiger partial charge on any atom is -0.258 e. The van der Waals surface area contributed by atoms with Gasteiger partial charge in [0.15, 0.2) is 4.34 Å². The number of hydrogen-bond donors (Lipinski definition) is 0. The van der Waals surface area contributed by atoms with Gasteiger partial charge in [-0.15, -0.1) is 11.3 Å². The predicted molar refractivity (Wildman–Crippen MR) is 85.8 cm³/mol. The molecule has 22 heavy (non-hydrogen) atoms. The highest BCUT2D eigenvalue weighted by Crippen LogP contribution is 2.36. The lowest BCUT2D eigenvalue weighted by Crippen LogP contribution is -1.95. The van der Waals surface area contributed by atoms with E-state index in [0.29, 0.717) is 15.1 Å². The van der Waals surface area contributed by atoms with Crippen LogP contribution in [-0.4, -0.2) is 18.3 Å². The number of para-hydroxylation sites is 1. The molecule has 9 heteroatoms. The number of hydrogen-bond acceptors (Lipinski definition) is 7. The predicted octanol–water partition coefficient (Wildman–Crippen LogP) is 3.69. The lowest BCUT2D eigenvalue weighted by Gasteiger charge is -2.00. The molecule has 0 spiro atoms. The van der Waals surface area contributed by atoms with Crippen LogP contribution in [0.25, 0.3) is 10.2 Å². The summed E-state index contributed by atoms with van der Waals surface area (Å²) in [6.45, 7) is 0. The molecule has 0 atom stereocenters. The molecule has 1 heterocycles. The second kappa shape index (κ2) is 5.67. The molecular formula is C13H8N2O4S3. The smallest absolute Gasteiger partial charge is 0.258 e. The van der Waals surface area contributed by atoms with Crippen LogP contribution >= 0.6 is 22.1 Å². The zero-order valence-electron chi connectivity index (χ0n) is 10.9. The fourth-order valence-corrected chi connectivity index (χ4v) is 6.16. The second-order valence-corrected chi connectivity index (χ2v) is 9.27. The van der Waals surface area contributed by atoms with Crippen LogP contribution in [0.3, 0.4) is 0 Å². The van der Waals surface area contributed by atoms with E-state index in [9.17, 15) is 18.5 Å². The molecular weight excluding hydrogens is 344 g/mol. The summed E-state index contributed by atoms with van der Waals surface area (Å²) in [5, 5.41) is 10.6. The van der Waals surface area contributed by atoms with E-state index in [1.807, 2.05) is 24.3 Å². The van der Waals surface area contributed by atoms with Crippen molar-refractivity contribution >= 4 is 46.9 Å². The van der Waals surface area contributed by atoms with E-state index in [-0.39, 0.29) is 10.6 Å². The van der Waals surface area contributed by atoms with Crippen LogP contribution < -0.4 is 0 Å². The van der Waals surface area contributed by atoms with Crippen molar-refractivity contribution in [1.29, 1.82) is 0 Å². The summed E-state index contributed by atoms with van der Waals surface area (Å²) >= 11 is 1.29. The Labute approximate surface area is 133 Å². The van der Waals surface area contributed by atoms with Gasteiger partial charge in [0, 0.05) is 22.9 Å². The number of benzene rings is 2. The molecule has 0 saturated carbocycles. The number of non-ortho nitro benzene ring substituents is 1. The van der Waals surface area contributed by atoms with Crippen LogP contribution in [-0.2, 0) is 8.87 Å². The molecule has 3 aromatic rings. The Morgan fingerprint density at radius 1 is 1.09 bits per heavy atom. The average Bonchev–Trinajstić information content (AvgIpc) is 2.88. The first-order chi connectivity index (χ1) is 10.5. The summed E-state index contributed by atoms with van der Waals surface area (Å²) in [4.78, 5) is 14.3. The third-order valence-corrected chi connectivity index (χ3v) is 7.45. The van der Waals surface area contributed by atoms with Crippen LogP contribution in [0, 0.1) is 10.1 Å². The van der Waals surface area contributed by atoms with E-state index in [0.717, 1.165) is 10.2 Å². The molecule has 0 saturated heterocycles. The Hall–Kier alpha value is -1.97. The average molecular weight is 352 g/mol. The largest absolute Gasteiger partial charge is 0.269 e. The summed E-state index contributed by atoms with van der Waals surface area (Å²) in [5.41, 5.74) is 0.595. The van der Waals surface area contributed by atoms with Crippen LogP contribution in [0.2, 0.25) is 0 Å². The zero-order chi connectivity index (χ0) is 15.7. The van der Waals surface area contributed by atoms with Crippen molar-refractivity contribution in [3.8, 4) is 0 Å². The molecule has 0 aliphatic rings. The van der Waals surface area contributed by atoms with E-state index >= 15 is 0 Å². The minimum absolute atomic E-state index is 0.0161. The fraction of sp³-hybridized carbons (Fsp3) is 0. The molecule has 3 rings (SSSR count). The summed E-state index contributed by atoms with van der Waals surface area (Å²) in [7, 11) is -3.01. The normalized spacial score (nSPS) is 11.6. The Bertz CT molecular complexity index is 916. The first kappa shape index (κ1) is 14.9. The number of nitro benzene ring substituents is 1. The molecule has 0 aliphatic carbocycles. The highest BCUT2D eigenvalue weighted by Gasteiger charge is 2.20. The van der Waals surface area contributed by atoms with Gasteiger partial charge in [-0.05, 0) is 24.3 Å². The Kier molecular flexibility index (Phi) is 3.85. The molecule has 6 nitrogen and oxygen atoms in total. The van der Waals surface area contributed by atoms with E-state index in [2.05, 4.69) is 4.98 Å². The van der Waals surface area contributed by atoms with Crippen LogP contribution in [0.5, 0.6) is 0 Å². The van der Waals surface area contributed by atoms with Gasteiger partial charge in [0.1, 0.15) is 0 Å². The maximum atomic E-state index is 12.3. The maximum absolute atomic E-state index is 12.3. The van der Waals surface area contributed by atoms with Gasteiger partial charge in [-0.1, -0.05) is 12.1 Å². The molecule has 0 bridgehead atoms. The molecule has 0 radical (unpaired) electrons. The number of nitrogens with zero attached hydrogens (tertiary/aromatic N) is 2. The zero-order valence-corrected chi connectivity index (χ0v) is 13.3. The Morgan fingerprint density at radius 2 is 1.77 bits per heavy atom. The van der Waals surface area contributed by atoms with E-state index in [1.165, 1.54) is 35.6 Å². The van der Waals surface area contributed by atoms with Gasteiger partial charge in [-0.3, -0.25) is 10.1 Å². The number of aromatic nitrogens is 1. The highest BCUT2D eigenvalue weighted by molar-refractivity contribution is 8.72. The van der Waals surface area contributed by atoms with Crippen molar-refractivity contribution < 1.29 is 13.3 Å². The summed E-state index contributed by atoms with van der Waals surface area (Å²) in [6, 6.07) is 12.2. The van der Waals surface area contributed by atoms with Gasteiger partial charge >= 0.3 is 0 Å². The number of nitro groups is 1. The van der Waals surface area contributed by atoms with Gasteiger partial charge in [-0.25, -0.2) is 13.4 Å². The molecule has 0 N–H and O–H groups in total. The Morgan fingerprint density at radius 3 is 2.41 bits per heavy atom. The molecule has 0 fully saturated rings. The molecule has 0 amide bonds. The molecule has 0 aliphatic heterocycles. The first-order valence-electron chi connectivity index (χ1n) is 6.00. The third-order valence-electron chi connectivity index (χ3n) is 2.79. The van der Waals surface area contributed by atoms with E-state index in [4.69, 9.17) is 0 Å². The van der Waals surface area contributed by atoms with Gasteiger partial charge < -0.3 is 0 Å². The van der Waals surface area contributed by atoms with Gasteiger partial charge in [0.05, 0.1) is 20.0 Å². The monoisotopic (exact) mass is 352 g/mol. The molecule has 2 aromatic carbocycles. The summed E-state index contributed by atoms with van der Waals surface area (Å²) in [6.07, 6.45) is 0. The van der Waals surface area contributed by atoms with Crippen molar-refractivity contribution in [2.24, 2.45) is 0 Å². The van der Waals surface area contributed by atoms with Crippen molar-refractivity contribution in [3.63, 3.8) is 0 Å². The number of rotatable bonds is 4. The van der Waals surface area contributed by atoms with Gasteiger partial charge in [0.25, 0.3) is 5.69 Å². The highest BCUT2D eigenvalue weighted by atomic mass is 33.1. The van der Waals surface area contributed by atoms with E-state index in [1.54, 1.807) is 0 Å². The molecule has 0 unspecified atom stereocenters.